The van der Waals surface area contributed by atoms with E-state index in [9.17, 15) is 14.7 Å². The van der Waals surface area contributed by atoms with Crippen LogP contribution in [-0.2, 0) is 4.79 Å². The quantitative estimate of drug-likeness (QED) is 0.852. The van der Waals surface area contributed by atoms with Crippen molar-refractivity contribution in [3.8, 4) is 5.75 Å². The van der Waals surface area contributed by atoms with Crippen molar-refractivity contribution in [1.29, 1.82) is 0 Å². The Morgan fingerprint density at radius 2 is 2.00 bits per heavy atom. The van der Waals surface area contributed by atoms with Gasteiger partial charge < -0.3 is 10.2 Å². The Balaban J connectivity index is 2.76. The van der Waals surface area contributed by atoms with Crippen LogP contribution in [0.4, 0.5) is 0 Å². The van der Waals surface area contributed by atoms with E-state index in [-0.39, 0.29) is 11.7 Å². The van der Waals surface area contributed by atoms with Gasteiger partial charge in [0.1, 0.15) is 5.75 Å². The molecule has 5 nitrogen and oxygen atoms in total. The number of nitrogens with zero attached hydrogens (tertiary/aromatic N) is 1. The number of carboxylic acids is 1. The molecular weight excluding hydrogens is 234 g/mol. The molecule has 0 saturated heterocycles. The van der Waals surface area contributed by atoms with Crippen LogP contribution in [0.2, 0.25) is 0 Å². The molecule has 0 bridgehead atoms. The number of fused-ring (bicyclic) bond motifs is 1. The van der Waals surface area contributed by atoms with Crippen molar-refractivity contribution in [2.24, 2.45) is 0 Å². The van der Waals surface area contributed by atoms with E-state index in [2.05, 4.69) is 0 Å². The maximum atomic E-state index is 11.5. The molecule has 1 aromatic heterocycles. The number of rotatable bonds is 2. The van der Waals surface area contributed by atoms with E-state index in [4.69, 9.17) is 5.11 Å². The van der Waals surface area contributed by atoms with Gasteiger partial charge in [0, 0.05) is 24.6 Å². The highest BCUT2D eigenvalue weighted by molar-refractivity contribution is 5.96. The van der Waals surface area contributed by atoms with E-state index in [1.165, 1.54) is 29.8 Å². The second-order valence-electron chi connectivity index (χ2n) is 4.23. The lowest BCUT2D eigenvalue weighted by Gasteiger charge is -2.03. The summed E-state index contributed by atoms with van der Waals surface area (Å²) in [5.41, 5.74) is 1.08. The van der Waals surface area contributed by atoms with Crippen molar-refractivity contribution >= 4 is 22.8 Å². The Hall–Kier alpha value is -2.30. The minimum absolute atomic E-state index is 0.0395. The number of carbonyl (C=O) groups excluding carboxylic acids is 1. The molecule has 18 heavy (non-hydrogen) atoms. The Bertz CT molecular complexity index is 642. The molecule has 0 spiro atoms. The summed E-state index contributed by atoms with van der Waals surface area (Å²) in [6.45, 7) is 2.95. The van der Waals surface area contributed by atoms with E-state index in [0.29, 0.717) is 16.5 Å². The number of phenols is 1. The summed E-state index contributed by atoms with van der Waals surface area (Å²) in [5, 5.41) is 19.2. The van der Waals surface area contributed by atoms with E-state index in [1.54, 1.807) is 13.0 Å². The van der Waals surface area contributed by atoms with Gasteiger partial charge in [0.05, 0.1) is 11.4 Å². The smallest absolute Gasteiger partial charge is 0.310 e. The summed E-state index contributed by atoms with van der Waals surface area (Å²) < 4.78 is 1.35. The van der Waals surface area contributed by atoms with Crippen LogP contribution in [0.25, 0.3) is 10.9 Å². The van der Waals surface area contributed by atoms with E-state index in [1.807, 2.05) is 0 Å². The minimum Gasteiger partial charge on any atom is -0.508 e. The van der Waals surface area contributed by atoms with Gasteiger partial charge in [0.2, 0.25) is 5.91 Å². The number of aromatic nitrogens is 1. The summed E-state index contributed by atoms with van der Waals surface area (Å²) in [7, 11) is 0. The third-order valence-corrected chi connectivity index (χ3v) is 3.00. The average Bonchev–Trinajstić information content (AvgIpc) is 2.66. The van der Waals surface area contributed by atoms with Crippen LogP contribution >= 0.6 is 0 Å². The standard InChI is InChI=1S/C13H13NO4/c1-7(13(17)18)11-6-14(8(2)15)12-5-9(16)3-4-10(11)12/h3-7,16H,1-2H3,(H,17,18). The Morgan fingerprint density at radius 3 is 2.56 bits per heavy atom. The number of aromatic hydroxyl groups is 1. The van der Waals surface area contributed by atoms with Crippen LogP contribution < -0.4 is 0 Å². The molecule has 2 aromatic rings. The minimum atomic E-state index is -0.953. The zero-order valence-electron chi connectivity index (χ0n) is 10.0. The van der Waals surface area contributed by atoms with E-state index in [0.717, 1.165) is 0 Å². The average molecular weight is 247 g/mol. The Labute approximate surface area is 103 Å². The highest BCUT2D eigenvalue weighted by atomic mass is 16.4. The molecule has 1 atom stereocenters. The topological polar surface area (TPSA) is 79.5 Å². The first-order valence-corrected chi connectivity index (χ1v) is 5.49. The number of phenolic OH excluding ortho intramolecular Hbond substituents is 1. The molecular formula is C13H13NO4. The molecule has 0 aliphatic rings. The highest BCUT2D eigenvalue weighted by Gasteiger charge is 2.20. The summed E-state index contributed by atoms with van der Waals surface area (Å²) in [6.07, 6.45) is 1.52. The van der Waals surface area contributed by atoms with Crippen LogP contribution in [0.5, 0.6) is 5.75 Å². The first-order valence-electron chi connectivity index (χ1n) is 5.49. The van der Waals surface area contributed by atoms with Crippen LogP contribution in [0.15, 0.2) is 24.4 Å². The molecule has 0 amide bonds. The van der Waals surface area contributed by atoms with Gasteiger partial charge in [-0.3, -0.25) is 14.2 Å². The normalized spacial score (nSPS) is 12.6. The lowest BCUT2D eigenvalue weighted by atomic mass is 10.0. The zero-order valence-corrected chi connectivity index (χ0v) is 10.0. The lowest BCUT2D eigenvalue weighted by Crippen LogP contribution is -2.07. The summed E-state index contributed by atoms with van der Waals surface area (Å²) in [6, 6.07) is 4.55. The van der Waals surface area contributed by atoms with Crippen LogP contribution in [-0.4, -0.2) is 26.7 Å². The summed E-state index contributed by atoms with van der Waals surface area (Å²) in [5.74, 6) is -1.85. The number of aliphatic carboxylic acids is 1. The van der Waals surface area contributed by atoms with E-state index >= 15 is 0 Å². The van der Waals surface area contributed by atoms with Gasteiger partial charge in [-0.15, -0.1) is 0 Å². The largest absolute Gasteiger partial charge is 0.508 e. The maximum absolute atomic E-state index is 11.5. The fourth-order valence-electron chi connectivity index (χ4n) is 1.98. The van der Waals surface area contributed by atoms with Gasteiger partial charge >= 0.3 is 5.97 Å². The van der Waals surface area contributed by atoms with Gasteiger partial charge in [-0.2, -0.15) is 0 Å². The van der Waals surface area contributed by atoms with E-state index < -0.39 is 11.9 Å². The molecule has 0 radical (unpaired) electrons. The third kappa shape index (κ3) is 1.84. The van der Waals surface area contributed by atoms with Crippen molar-refractivity contribution in [1.82, 2.24) is 4.57 Å². The number of carboxylic acid groups (broad SMARTS) is 1. The first-order chi connectivity index (χ1) is 8.41. The van der Waals surface area contributed by atoms with Crippen molar-refractivity contribution in [3.63, 3.8) is 0 Å². The molecule has 2 N–H and O–H groups in total. The number of hydrogen-bond acceptors (Lipinski definition) is 3. The predicted octanol–water partition coefficient (Wildman–Crippen LogP) is 2.20. The fraction of sp³-hybridized carbons (Fsp3) is 0.231. The Morgan fingerprint density at radius 1 is 1.33 bits per heavy atom. The van der Waals surface area contributed by atoms with Crippen LogP contribution in [0.3, 0.4) is 0 Å². The maximum Gasteiger partial charge on any atom is 0.310 e. The van der Waals surface area contributed by atoms with Crippen molar-refractivity contribution in [3.05, 3.63) is 30.0 Å². The van der Waals surface area contributed by atoms with Gasteiger partial charge in [0.25, 0.3) is 0 Å². The van der Waals surface area contributed by atoms with Gasteiger partial charge in [-0.1, -0.05) is 0 Å². The Kier molecular flexibility index (Phi) is 2.82. The van der Waals surface area contributed by atoms with Gasteiger partial charge in [-0.05, 0) is 24.6 Å². The lowest BCUT2D eigenvalue weighted by molar-refractivity contribution is -0.138. The molecule has 0 aliphatic heterocycles. The molecule has 1 heterocycles. The van der Waals surface area contributed by atoms with Crippen molar-refractivity contribution < 1.29 is 19.8 Å². The number of benzene rings is 1. The number of carbonyl (C=O) groups is 2. The molecule has 5 heteroatoms. The van der Waals surface area contributed by atoms with Gasteiger partial charge in [-0.25, -0.2) is 0 Å². The molecule has 0 saturated carbocycles. The molecule has 1 aromatic carbocycles. The molecule has 94 valence electrons. The van der Waals surface area contributed by atoms with Crippen molar-refractivity contribution in [2.75, 3.05) is 0 Å². The molecule has 0 fully saturated rings. The van der Waals surface area contributed by atoms with Gasteiger partial charge in [0.15, 0.2) is 0 Å². The second kappa shape index (κ2) is 4.18. The monoisotopic (exact) mass is 247 g/mol. The molecule has 0 aliphatic carbocycles. The summed E-state index contributed by atoms with van der Waals surface area (Å²) in [4.78, 5) is 22.6. The number of hydrogen-bond donors (Lipinski definition) is 2. The van der Waals surface area contributed by atoms with Crippen LogP contribution in [0, 0.1) is 0 Å². The summed E-state index contributed by atoms with van der Waals surface area (Å²) >= 11 is 0. The molecule has 2 rings (SSSR count). The van der Waals surface area contributed by atoms with Crippen LogP contribution in [0.1, 0.15) is 30.1 Å². The molecule has 1 unspecified atom stereocenters. The fourth-order valence-corrected chi connectivity index (χ4v) is 1.98. The van der Waals surface area contributed by atoms with Crippen molar-refractivity contribution in [2.45, 2.75) is 19.8 Å². The highest BCUT2D eigenvalue weighted by Crippen LogP contribution is 2.30. The second-order valence-corrected chi connectivity index (χ2v) is 4.23. The zero-order chi connectivity index (χ0) is 13.4. The first kappa shape index (κ1) is 12.2. The SMILES string of the molecule is CC(=O)n1cc(C(C)C(=O)O)c2ccc(O)cc21. The predicted molar refractivity (Wildman–Crippen MR) is 66.0 cm³/mol. The third-order valence-electron chi connectivity index (χ3n) is 3.00.